The third kappa shape index (κ3) is 3.23. The van der Waals surface area contributed by atoms with Crippen LogP contribution in [0.25, 0.3) is 0 Å². The fourth-order valence-electron chi connectivity index (χ4n) is 2.84. The third-order valence-corrected chi connectivity index (χ3v) is 4.64. The van der Waals surface area contributed by atoms with E-state index in [1.165, 1.54) is 0 Å². The molecule has 0 aromatic rings. The van der Waals surface area contributed by atoms with Gasteiger partial charge < -0.3 is 19.8 Å². The molecule has 0 bridgehead atoms. The lowest BCUT2D eigenvalue weighted by Crippen LogP contribution is -2.50. The molecule has 0 unspecified atom stereocenters. The third-order valence-electron chi connectivity index (χ3n) is 4.64. The van der Waals surface area contributed by atoms with Gasteiger partial charge in [-0.15, -0.1) is 0 Å². The number of carboxylic acids is 1. The van der Waals surface area contributed by atoms with Crippen molar-refractivity contribution in [2.45, 2.75) is 26.2 Å². The predicted octanol–water partition coefficient (Wildman–Crippen LogP) is 0.931. The number of hydrogen-bond acceptors (Lipinski definition) is 3. The minimum Gasteiger partial charge on any atom is -0.481 e. The minimum absolute atomic E-state index is 0.0766. The summed E-state index contributed by atoms with van der Waals surface area (Å²) in [5.41, 5.74) is -0.671. The van der Waals surface area contributed by atoms with Crippen LogP contribution in [0, 0.1) is 5.41 Å². The van der Waals surface area contributed by atoms with Crippen LogP contribution in [0.15, 0.2) is 0 Å². The maximum Gasteiger partial charge on any atom is 0.320 e. The second kappa shape index (κ2) is 5.99. The average Bonchev–Trinajstić information content (AvgIpc) is 2.63. The second-order valence-corrected chi connectivity index (χ2v) is 6.28. The number of rotatable bonds is 1. The maximum absolute atomic E-state index is 12.5. The van der Waals surface area contributed by atoms with Crippen molar-refractivity contribution in [3.8, 4) is 0 Å². The lowest BCUT2D eigenvalue weighted by Gasteiger charge is -2.38. The van der Waals surface area contributed by atoms with Gasteiger partial charge in [-0.25, -0.2) is 4.79 Å². The molecule has 2 saturated heterocycles. The molecule has 2 amide bonds. The highest BCUT2D eigenvalue weighted by molar-refractivity contribution is 5.77. The van der Waals surface area contributed by atoms with Crippen molar-refractivity contribution in [3.63, 3.8) is 0 Å². The number of likely N-dealkylation sites (tertiary alicyclic amines) is 1. The van der Waals surface area contributed by atoms with Crippen molar-refractivity contribution in [2.24, 2.45) is 5.41 Å². The monoisotopic (exact) mass is 283 g/mol. The highest BCUT2D eigenvalue weighted by Crippen LogP contribution is 2.31. The van der Waals surface area contributed by atoms with E-state index in [-0.39, 0.29) is 6.03 Å². The van der Waals surface area contributed by atoms with E-state index in [1.54, 1.807) is 6.92 Å². The number of aliphatic carboxylic acids is 1. The molecular weight excluding hydrogens is 258 g/mol. The van der Waals surface area contributed by atoms with Crippen LogP contribution in [0.1, 0.15) is 26.2 Å². The Balaban J connectivity index is 1.90. The van der Waals surface area contributed by atoms with Crippen molar-refractivity contribution in [3.05, 3.63) is 0 Å². The Labute approximate surface area is 120 Å². The van der Waals surface area contributed by atoms with Crippen molar-refractivity contribution < 1.29 is 14.7 Å². The van der Waals surface area contributed by atoms with Gasteiger partial charge >= 0.3 is 12.0 Å². The minimum atomic E-state index is -0.749. The molecule has 2 rings (SSSR count). The Morgan fingerprint density at radius 2 is 1.55 bits per heavy atom. The second-order valence-electron chi connectivity index (χ2n) is 6.28. The van der Waals surface area contributed by atoms with E-state index in [0.717, 1.165) is 32.6 Å². The predicted molar refractivity (Wildman–Crippen MR) is 75.6 cm³/mol. The molecule has 20 heavy (non-hydrogen) atoms. The van der Waals surface area contributed by atoms with Crippen molar-refractivity contribution >= 4 is 12.0 Å². The maximum atomic E-state index is 12.5. The Hall–Kier alpha value is -1.30. The molecule has 0 saturated carbocycles. The van der Waals surface area contributed by atoms with Crippen LogP contribution in [0.5, 0.6) is 0 Å². The van der Waals surface area contributed by atoms with Crippen LogP contribution in [-0.2, 0) is 4.79 Å². The molecule has 0 aromatic heterocycles. The number of likely N-dealkylation sites (N-methyl/N-ethyl adjacent to an activating group) is 1. The van der Waals surface area contributed by atoms with Crippen LogP contribution in [0.4, 0.5) is 4.79 Å². The summed E-state index contributed by atoms with van der Waals surface area (Å²) in [6.07, 6.45) is 2.09. The summed E-state index contributed by atoms with van der Waals surface area (Å²) in [5, 5.41) is 9.22. The molecule has 2 heterocycles. The van der Waals surface area contributed by atoms with E-state index < -0.39 is 11.4 Å². The molecular formula is C14H25N3O3. The molecule has 0 aliphatic carbocycles. The van der Waals surface area contributed by atoms with Gasteiger partial charge in [0.2, 0.25) is 0 Å². The Morgan fingerprint density at radius 1 is 0.950 bits per heavy atom. The molecule has 2 aliphatic rings. The highest BCUT2D eigenvalue weighted by Gasteiger charge is 2.38. The molecule has 0 radical (unpaired) electrons. The number of carbonyl (C=O) groups excluding carboxylic acids is 1. The summed E-state index contributed by atoms with van der Waals surface area (Å²) in [6, 6.07) is 0.0766. The zero-order valence-corrected chi connectivity index (χ0v) is 12.5. The van der Waals surface area contributed by atoms with Gasteiger partial charge in [0.25, 0.3) is 0 Å². The molecule has 2 fully saturated rings. The zero-order chi connectivity index (χ0) is 14.8. The van der Waals surface area contributed by atoms with E-state index >= 15 is 0 Å². The number of nitrogens with zero attached hydrogens (tertiary/aromatic N) is 3. The van der Waals surface area contributed by atoms with E-state index in [0.29, 0.717) is 25.9 Å². The zero-order valence-electron chi connectivity index (χ0n) is 12.5. The van der Waals surface area contributed by atoms with Crippen LogP contribution >= 0.6 is 0 Å². The largest absolute Gasteiger partial charge is 0.481 e. The Kier molecular flexibility index (Phi) is 4.52. The SMILES string of the molecule is CN1CCCN(C(=O)N2CCC(C)(C(=O)O)CC2)CC1. The van der Waals surface area contributed by atoms with Gasteiger partial charge in [0.05, 0.1) is 5.41 Å². The molecule has 114 valence electrons. The number of carbonyl (C=O) groups is 2. The van der Waals surface area contributed by atoms with E-state index in [4.69, 9.17) is 0 Å². The van der Waals surface area contributed by atoms with Crippen molar-refractivity contribution in [1.29, 1.82) is 0 Å². The summed E-state index contributed by atoms with van der Waals surface area (Å²) in [7, 11) is 2.08. The summed E-state index contributed by atoms with van der Waals surface area (Å²) >= 11 is 0. The van der Waals surface area contributed by atoms with Crippen molar-refractivity contribution in [2.75, 3.05) is 46.3 Å². The lowest BCUT2D eigenvalue weighted by atomic mass is 9.80. The fourth-order valence-corrected chi connectivity index (χ4v) is 2.84. The average molecular weight is 283 g/mol. The Morgan fingerprint density at radius 3 is 2.15 bits per heavy atom. The van der Waals surface area contributed by atoms with Gasteiger partial charge in [0, 0.05) is 32.7 Å². The number of hydrogen-bond donors (Lipinski definition) is 1. The first-order valence-corrected chi connectivity index (χ1v) is 7.38. The van der Waals surface area contributed by atoms with Crippen LogP contribution in [-0.4, -0.2) is 78.1 Å². The highest BCUT2D eigenvalue weighted by atomic mass is 16.4. The number of carboxylic acid groups (broad SMARTS) is 1. The van der Waals surface area contributed by atoms with E-state index in [9.17, 15) is 14.7 Å². The van der Waals surface area contributed by atoms with Crippen molar-refractivity contribution in [1.82, 2.24) is 14.7 Å². The lowest BCUT2D eigenvalue weighted by molar-refractivity contribution is -0.150. The van der Waals surface area contributed by atoms with Gasteiger partial charge in [-0.2, -0.15) is 0 Å². The number of amides is 2. The first-order valence-electron chi connectivity index (χ1n) is 7.38. The fraction of sp³-hybridized carbons (Fsp3) is 0.857. The molecule has 0 aromatic carbocycles. The first kappa shape index (κ1) is 15.1. The van der Waals surface area contributed by atoms with Crippen LogP contribution in [0.3, 0.4) is 0 Å². The summed E-state index contributed by atoms with van der Waals surface area (Å²) in [6.45, 7) is 6.38. The van der Waals surface area contributed by atoms with Crippen LogP contribution in [0.2, 0.25) is 0 Å². The summed E-state index contributed by atoms with van der Waals surface area (Å²) < 4.78 is 0. The molecule has 0 atom stereocenters. The number of urea groups is 1. The van der Waals surface area contributed by atoms with Gasteiger partial charge in [-0.05, 0) is 39.8 Å². The molecule has 2 aliphatic heterocycles. The summed E-state index contributed by atoms with van der Waals surface area (Å²) in [4.78, 5) is 29.7. The topological polar surface area (TPSA) is 64.1 Å². The first-order chi connectivity index (χ1) is 9.42. The molecule has 6 heteroatoms. The molecule has 1 N–H and O–H groups in total. The van der Waals surface area contributed by atoms with Crippen LogP contribution < -0.4 is 0 Å². The van der Waals surface area contributed by atoms with Gasteiger partial charge in [0.15, 0.2) is 0 Å². The van der Waals surface area contributed by atoms with Gasteiger partial charge in [0.1, 0.15) is 0 Å². The normalized spacial score (nSPS) is 24.3. The number of piperidine rings is 1. The van der Waals surface area contributed by atoms with Gasteiger partial charge in [-0.3, -0.25) is 4.79 Å². The quantitative estimate of drug-likeness (QED) is 0.777. The molecule has 0 spiro atoms. The van der Waals surface area contributed by atoms with E-state index in [1.807, 2.05) is 9.80 Å². The Bertz CT molecular complexity index is 378. The van der Waals surface area contributed by atoms with E-state index in [2.05, 4.69) is 11.9 Å². The molecule has 6 nitrogen and oxygen atoms in total. The smallest absolute Gasteiger partial charge is 0.320 e. The van der Waals surface area contributed by atoms with Gasteiger partial charge in [-0.1, -0.05) is 0 Å². The standard InChI is InChI=1S/C14H25N3O3/c1-14(12(18)19)4-8-17(9-5-14)13(20)16-7-3-6-15(2)10-11-16/h3-11H2,1-2H3,(H,18,19). The summed E-state index contributed by atoms with van der Waals surface area (Å²) in [5.74, 6) is -0.749.